The largest absolute Gasteiger partial charge is 0.492 e. The van der Waals surface area contributed by atoms with E-state index in [2.05, 4.69) is 32.2 Å². The fraction of sp³-hybridized carbons (Fsp3) is 0.647. The summed E-state index contributed by atoms with van der Waals surface area (Å²) in [5.41, 5.74) is 1.27. The Morgan fingerprint density at radius 3 is 2.81 bits per heavy atom. The molecule has 0 bridgehead atoms. The quantitative estimate of drug-likeness (QED) is 0.855. The molecule has 1 N–H and O–H groups in total. The Kier molecular flexibility index (Phi) is 5.91. The van der Waals surface area contributed by atoms with E-state index in [9.17, 15) is 0 Å². The second-order valence-corrected chi connectivity index (χ2v) is 7.05. The molecule has 0 radical (unpaired) electrons. The number of nitrogens with one attached hydrogen (secondary N) is 1. The second-order valence-electron chi connectivity index (χ2n) is 6.64. The van der Waals surface area contributed by atoms with Crippen LogP contribution in [0.25, 0.3) is 0 Å². The van der Waals surface area contributed by atoms with Gasteiger partial charge < -0.3 is 14.8 Å². The van der Waals surface area contributed by atoms with Gasteiger partial charge in [-0.1, -0.05) is 17.7 Å². The van der Waals surface area contributed by atoms with Gasteiger partial charge in [0.1, 0.15) is 5.75 Å². The first kappa shape index (κ1) is 16.6. The monoisotopic (exact) mass is 311 g/mol. The molecular formula is C17H26ClNO2. The van der Waals surface area contributed by atoms with Crippen LogP contribution in [0.15, 0.2) is 18.2 Å². The lowest BCUT2D eigenvalue weighted by Gasteiger charge is -2.20. The number of hydrogen-bond donors (Lipinski definition) is 1. The molecule has 1 aromatic rings. The average molecular weight is 312 g/mol. The highest BCUT2D eigenvalue weighted by Gasteiger charge is 2.15. The van der Waals surface area contributed by atoms with E-state index in [1.165, 1.54) is 12.0 Å². The van der Waals surface area contributed by atoms with Crippen LogP contribution in [-0.4, -0.2) is 24.9 Å². The summed E-state index contributed by atoms with van der Waals surface area (Å²) in [7, 11) is 0. The molecule has 0 saturated carbocycles. The lowest BCUT2D eigenvalue weighted by atomic mass is 10.1. The molecule has 0 amide bonds. The molecule has 1 saturated heterocycles. The topological polar surface area (TPSA) is 30.5 Å². The summed E-state index contributed by atoms with van der Waals surface area (Å²) in [6.07, 6.45) is 3.61. The molecule has 1 aromatic carbocycles. The van der Waals surface area contributed by atoms with Crippen molar-refractivity contribution in [2.24, 2.45) is 0 Å². The maximum Gasteiger partial charge on any atom is 0.137 e. The van der Waals surface area contributed by atoms with Crippen LogP contribution in [0.2, 0.25) is 5.02 Å². The second kappa shape index (κ2) is 7.48. The van der Waals surface area contributed by atoms with E-state index in [1.807, 2.05) is 12.1 Å². The Bertz CT molecular complexity index is 451. The minimum Gasteiger partial charge on any atom is -0.492 e. The van der Waals surface area contributed by atoms with Gasteiger partial charge >= 0.3 is 0 Å². The molecule has 1 heterocycles. The van der Waals surface area contributed by atoms with Crippen molar-refractivity contribution in [3.05, 3.63) is 28.8 Å². The van der Waals surface area contributed by atoms with Gasteiger partial charge in [0.2, 0.25) is 0 Å². The van der Waals surface area contributed by atoms with E-state index < -0.39 is 0 Å². The van der Waals surface area contributed by atoms with Crippen LogP contribution in [0.1, 0.15) is 45.6 Å². The summed E-state index contributed by atoms with van der Waals surface area (Å²) in [5, 5.41) is 4.13. The fourth-order valence-corrected chi connectivity index (χ4v) is 2.57. The molecule has 0 aromatic heterocycles. The number of rotatable bonds is 6. The number of benzene rings is 1. The molecule has 2 rings (SSSR count). The molecule has 118 valence electrons. The SMILES string of the molecule is CC(C)(C)NCc1ccc(OCCC2CCCO2)c(Cl)c1. The summed E-state index contributed by atoms with van der Waals surface area (Å²) in [6.45, 7) is 8.80. The van der Waals surface area contributed by atoms with Crippen LogP contribution >= 0.6 is 11.6 Å². The van der Waals surface area contributed by atoms with Gasteiger partial charge in [-0.05, 0) is 51.3 Å². The third-order valence-corrected chi connectivity index (χ3v) is 3.84. The first-order chi connectivity index (χ1) is 9.94. The van der Waals surface area contributed by atoms with Gasteiger partial charge in [0.05, 0.1) is 17.7 Å². The molecule has 3 nitrogen and oxygen atoms in total. The Labute approximate surface area is 133 Å². The zero-order chi connectivity index (χ0) is 15.3. The minimum absolute atomic E-state index is 0.100. The molecule has 1 fully saturated rings. The smallest absolute Gasteiger partial charge is 0.137 e. The predicted octanol–water partition coefficient (Wildman–Crippen LogP) is 4.18. The summed E-state index contributed by atoms with van der Waals surface area (Å²) < 4.78 is 11.3. The van der Waals surface area contributed by atoms with Crippen LogP contribution in [0.3, 0.4) is 0 Å². The van der Waals surface area contributed by atoms with Crippen molar-refractivity contribution >= 4 is 11.6 Å². The summed E-state index contributed by atoms with van der Waals surface area (Å²) in [6, 6.07) is 5.99. The summed E-state index contributed by atoms with van der Waals surface area (Å²) in [5.74, 6) is 0.758. The van der Waals surface area contributed by atoms with E-state index in [0.29, 0.717) is 17.7 Å². The number of ether oxygens (including phenoxy) is 2. The van der Waals surface area contributed by atoms with Gasteiger partial charge in [0.25, 0.3) is 0 Å². The molecule has 1 atom stereocenters. The minimum atomic E-state index is 0.100. The van der Waals surface area contributed by atoms with Crippen LogP contribution in [-0.2, 0) is 11.3 Å². The summed E-state index contributed by atoms with van der Waals surface area (Å²) >= 11 is 6.29. The van der Waals surface area contributed by atoms with Gasteiger partial charge in [0, 0.05) is 25.1 Å². The summed E-state index contributed by atoms with van der Waals surface area (Å²) in [4.78, 5) is 0. The Morgan fingerprint density at radius 1 is 1.38 bits per heavy atom. The molecule has 21 heavy (non-hydrogen) atoms. The van der Waals surface area contributed by atoms with E-state index in [4.69, 9.17) is 21.1 Å². The maximum atomic E-state index is 6.29. The highest BCUT2D eigenvalue weighted by Crippen LogP contribution is 2.26. The lowest BCUT2D eigenvalue weighted by molar-refractivity contribution is 0.0904. The zero-order valence-electron chi connectivity index (χ0n) is 13.2. The predicted molar refractivity (Wildman–Crippen MR) is 87.1 cm³/mol. The van der Waals surface area contributed by atoms with Crippen LogP contribution < -0.4 is 10.1 Å². The van der Waals surface area contributed by atoms with Gasteiger partial charge in [-0.2, -0.15) is 0 Å². The highest BCUT2D eigenvalue weighted by molar-refractivity contribution is 6.32. The third-order valence-electron chi connectivity index (χ3n) is 3.54. The lowest BCUT2D eigenvalue weighted by Crippen LogP contribution is -2.35. The standard InChI is InChI=1S/C17H26ClNO2/c1-17(2,3)19-12-13-6-7-16(15(18)11-13)21-10-8-14-5-4-9-20-14/h6-7,11,14,19H,4-5,8-10,12H2,1-3H3. The Balaban J connectivity index is 1.80. The molecule has 1 aliphatic rings. The van der Waals surface area contributed by atoms with Gasteiger partial charge in [-0.25, -0.2) is 0 Å². The molecule has 0 aliphatic carbocycles. The van der Waals surface area contributed by atoms with Crippen molar-refractivity contribution in [2.45, 2.75) is 58.2 Å². The van der Waals surface area contributed by atoms with Crippen molar-refractivity contribution in [3.8, 4) is 5.75 Å². The molecule has 4 heteroatoms. The van der Waals surface area contributed by atoms with Crippen molar-refractivity contribution in [2.75, 3.05) is 13.2 Å². The van der Waals surface area contributed by atoms with E-state index in [0.717, 1.165) is 31.7 Å². The third kappa shape index (κ3) is 5.85. The molecular weight excluding hydrogens is 286 g/mol. The number of hydrogen-bond acceptors (Lipinski definition) is 3. The zero-order valence-corrected chi connectivity index (χ0v) is 14.0. The van der Waals surface area contributed by atoms with Crippen molar-refractivity contribution in [1.29, 1.82) is 0 Å². The van der Waals surface area contributed by atoms with Crippen molar-refractivity contribution < 1.29 is 9.47 Å². The van der Waals surface area contributed by atoms with Crippen molar-refractivity contribution in [3.63, 3.8) is 0 Å². The van der Waals surface area contributed by atoms with Crippen molar-refractivity contribution in [1.82, 2.24) is 5.32 Å². The Morgan fingerprint density at radius 2 is 2.19 bits per heavy atom. The van der Waals surface area contributed by atoms with Crippen LogP contribution in [0.5, 0.6) is 5.75 Å². The normalized spacial score (nSPS) is 19.0. The van der Waals surface area contributed by atoms with Gasteiger partial charge in [-0.3, -0.25) is 0 Å². The van der Waals surface area contributed by atoms with Crippen LogP contribution in [0, 0.1) is 0 Å². The highest BCUT2D eigenvalue weighted by atomic mass is 35.5. The van der Waals surface area contributed by atoms with E-state index >= 15 is 0 Å². The molecule has 1 aliphatic heterocycles. The Hall–Kier alpha value is -0.770. The van der Waals surface area contributed by atoms with E-state index in [1.54, 1.807) is 0 Å². The molecule has 1 unspecified atom stereocenters. The average Bonchev–Trinajstić information content (AvgIpc) is 2.91. The van der Waals surface area contributed by atoms with E-state index in [-0.39, 0.29) is 5.54 Å². The van der Waals surface area contributed by atoms with Crippen LogP contribution in [0.4, 0.5) is 0 Å². The molecule has 0 spiro atoms. The number of halogens is 1. The van der Waals surface area contributed by atoms with Gasteiger partial charge in [0.15, 0.2) is 0 Å². The first-order valence-electron chi connectivity index (χ1n) is 7.72. The fourth-order valence-electron chi connectivity index (χ4n) is 2.31. The first-order valence-corrected chi connectivity index (χ1v) is 8.10. The maximum absolute atomic E-state index is 6.29. The van der Waals surface area contributed by atoms with Gasteiger partial charge in [-0.15, -0.1) is 0 Å².